The molecule has 8 nitrogen and oxygen atoms in total. The molecule has 0 spiro atoms. The fourth-order valence-corrected chi connectivity index (χ4v) is 3.72. The average molecular weight is 436 g/mol. The van der Waals surface area contributed by atoms with Crippen LogP contribution >= 0.6 is 11.6 Å². The van der Waals surface area contributed by atoms with Gasteiger partial charge in [0.05, 0.1) is 48.6 Å². The number of anilines is 1. The average Bonchev–Trinajstić information content (AvgIpc) is 2.76. The number of nitro benzene ring substituents is 1. The van der Waals surface area contributed by atoms with Gasteiger partial charge in [-0.2, -0.15) is 0 Å². The van der Waals surface area contributed by atoms with Crippen LogP contribution in [0.1, 0.15) is 18.5 Å². The van der Waals surface area contributed by atoms with E-state index in [1.54, 1.807) is 13.2 Å². The van der Waals surface area contributed by atoms with Crippen LogP contribution in [0.15, 0.2) is 36.4 Å². The first-order valence-corrected chi connectivity index (χ1v) is 10.2. The Kier molecular flexibility index (Phi) is 7.73. The SMILES string of the molecule is CCOc1ccc(C(CNc2ccc([N+](=O)[O-])cc2Cl)N2CCOCC2)cc1OC. The third-order valence-corrected chi connectivity index (χ3v) is 5.32. The van der Waals surface area contributed by atoms with Crippen molar-refractivity contribution in [2.24, 2.45) is 0 Å². The first-order chi connectivity index (χ1) is 14.5. The summed E-state index contributed by atoms with van der Waals surface area (Å²) >= 11 is 6.25. The molecule has 2 aromatic rings. The topological polar surface area (TPSA) is 86.1 Å². The van der Waals surface area contributed by atoms with Gasteiger partial charge in [-0.3, -0.25) is 15.0 Å². The summed E-state index contributed by atoms with van der Waals surface area (Å²) in [4.78, 5) is 12.8. The van der Waals surface area contributed by atoms with Crippen LogP contribution < -0.4 is 14.8 Å². The van der Waals surface area contributed by atoms with E-state index in [0.717, 1.165) is 18.7 Å². The van der Waals surface area contributed by atoms with Crippen molar-refractivity contribution in [3.05, 3.63) is 57.1 Å². The Labute approximate surface area is 180 Å². The number of non-ortho nitro benzene ring substituents is 1. The predicted octanol–water partition coefficient (Wildman–Crippen LogP) is 4.14. The summed E-state index contributed by atoms with van der Waals surface area (Å²) in [7, 11) is 1.63. The van der Waals surface area contributed by atoms with Crippen molar-refractivity contribution in [3.63, 3.8) is 0 Å². The number of hydrogen-bond donors (Lipinski definition) is 1. The maximum Gasteiger partial charge on any atom is 0.271 e. The molecule has 0 aliphatic carbocycles. The highest BCUT2D eigenvalue weighted by Gasteiger charge is 2.24. The van der Waals surface area contributed by atoms with E-state index in [1.165, 1.54) is 12.1 Å². The molecular formula is C21H26ClN3O5. The van der Waals surface area contributed by atoms with Gasteiger partial charge >= 0.3 is 0 Å². The van der Waals surface area contributed by atoms with E-state index in [1.807, 2.05) is 25.1 Å². The molecule has 0 saturated carbocycles. The Hall–Kier alpha value is -2.55. The maximum absolute atomic E-state index is 10.9. The number of nitrogens with one attached hydrogen (secondary N) is 1. The van der Waals surface area contributed by atoms with Crippen molar-refractivity contribution in [2.75, 3.05) is 51.9 Å². The highest BCUT2D eigenvalue weighted by atomic mass is 35.5. The van der Waals surface area contributed by atoms with Crippen LogP contribution in [0.25, 0.3) is 0 Å². The lowest BCUT2D eigenvalue weighted by atomic mass is 10.0. The number of nitro groups is 1. The minimum absolute atomic E-state index is 0.0322. The fraction of sp³-hybridized carbons (Fsp3) is 0.429. The van der Waals surface area contributed by atoms with Gasteiger partial charge in [-0.15, -0.1) is 0 Å². The van der Waals surface area contributed by atoms with Crippen molar-refractivity contribution in [1.29, 1.82) is 0 Å². The van der Waals surface area contributed by atoms with E-state index in [2.05, 4.69) is 10.2 Å². The molecule has 1 heterocycles. The van der Waals surface area contributed by atoms with Gasteiger partial charge in [-0.05, 0) is 30.7 Å². The van der Waals surface area contributed by atoms with E-state index in [-0.39, 0.29) is 11.7 Å². The highest BCUT2D eigenvalue weighted by molar-refractivity contribution is 6.33. The molecule has 0 bridgehead atoms. The Balaban J connectivity index is 1.84. The molecule has 0 amide bonds. The second-order valence-electron chi connectivity index (χ2n) is 6.81. The second-order valence-corrected chi connectivity index (χ2v) is 7.22. The Morgan fingerprint density at radius 2 is 2.00 bits per heavy atom. The standard InChI is InChI=1S/C21H26ClN3O5/c1-3-30-20-7-4-15(12-21(20)28-2)19(24-8-10-29-11-9-24)14-23-18-6-5-16(25(26)27)13-17(18)22/h4-7,12-13,19,23H,3,8-11,14H2,1-2H3. The van der Waals surface area contributed by atoms with Crippen LogP contribution in [-0.4, -0.2) is 56.4 Å². The van der Waals surface area contributed by atoms with Crippen LogP contribution in [-0.2, 0) is 4.74 Å². The van der Waals surface area contributed by atoms with Gasteiger partial charge in [-0.1, -0.05) is 17.7 Å². The fourth-order valence-electron chi connectivity index (χ4n) is 3.48. The first-order valence-electron chi connectivity index (χ1n) is 9.83. The molecule has 1 aliphatic heterocycles. The zero-order valence-electron chi connectivity index (χ0n) is 17.1. The number of ether oxygens (including phenoxy) is 3. The monoisotopic (exact) mass is 435 g/mol. The van der Waals surface area contributed by atoms with Gasteiger partial charge in [0.15, 0.2) is 11.5 Å². The second kappa shape index (κ2) is 10.5. The van der Waals surface area contributed by atoms with E-state index >= 15 is 0 Å². The lowest BCUT2D eigenvalue weighted by Gasteiger charge is -2.35. The normalized spacial score (nSPS) is 15.4. The molecule has 30 heavy (non-hydrogen) atoms. The van der Waals surface area contributed by atoms with E-state index < -0.39 is 4.92 Å². The molecular weight excluding hydrogens is 410 g/mol. The molecule has 3 rings (SSSR count). The lowest BCUT2D eigenvalue weighted by molar-refractivity contribution is -0.384. The van der Waals surface area contributed by atoms with E-state index in [0.29, 0.717) is 48.6 Å². The van der Waals surface area contributed by atoms with Gasteiger partial charge in [0, 0.05) is 31.8 Å². The van der Waals surface area contributed by atoms with Gasteiger partial charge in [0.2, 0.25) is 0 Å². The van der Waals surface area contributed by atoms with Crippen LogP contribution in [0.5, 0.6) is 11.5 Å². The number of nitrogens with zero attached hydrogens (tertiary/aromatic N) is 2. The summed E-state index contributed by atoms with van der Waals surface area (Å²) in [6.45, 7) is 6.00. The smallest absolute Gasteiger partial charge is 0.271 e. The molecule has 1 N–H and O–H groups in total. The predicted molar refractivity (Wildman–Crippen MR) is 116 cm³/mol. The van der Waals surface area contributed by atoms with Crippen molar-refractivity contribution in [1.82, 2.24) is 4.90 Å². The quantitative estimate of drug-likeness (QED) is 0.468. The Bertz CT molecular complexity index is 874. The summed E-state index contributed by atoms with van der Waals surface area (Å²) in [5.41, 5.74) is 1.69. The van der Waals surface area contributed by atoms with Crippen molar-refractivity contribution in [3.8, 4) is 11.5 Å². The zero-order valence-corrected chi connectivity index (χ0v) is 17.9. The number of rotatable bonds is 9. The van der Waals surface area contributed by atoms with Crippen molar-refractivity contribution < 1.29 is 19.1 Å². The van der Waals surface area contributed by atoms with Crippen molar-refractivity contribution in [2.45, 2.75) is 13.0 Å². The lowest BCUT2D eigenvalue weighted by Crippen LogP contribution is -2.41. The van der Waals surface area contributed by atoms with Gasteiger partial charge in [0.1, 0.15) is 0 Å². The highest BCUT2D eigenvalue weighted by Crippen LogP contribution is 2.33. The molecule has 162 valence electrons. The third kappa shape index (κ3) is 5.33. The molecule has 1 fully saturated rings. The first kappa shape index (κ1) is 22.1. The molecule has 1 saturated heterocycles. The van der Waals surface area contributed by atoms with Crippen LogP contribution in [0, 0.1) is 10.1 Å². The van der Waals surface area contributed by atoms with E-state index in [9.17, 15) is 10.1 Å². The van der Waals surface area contributed by atoms with Crippen LogP contribution in [0.3, 0.4) is 0 Å². The summed E-state index contributed by atoms with van der Waals surface area (Å²) in [6, 6.07) is 10.4. The number of hydrogen-bond acceptors (Lipinski definition) is 7. The minimum atomic E-state index is -0.460. The largest absolute Gasteiger partial charge is 0.493 e. The Morgan fingerprint density at radius 3 is 2.63 bits per heavy atom. The van der Waals surface area contributed by atoms with Crippen molar-refractivity contribution >= 4 is 23.0 Å². The molecule has 1 aliphatic rings. The third-order valence-electron chi connectivity index (χ3n) is 5.01. The Morgan fingerprint density at radius 1 is 1.23 bits per heavy atom. The van der Waals surface area contributed by atoms with E-state index in [4.69, 9.17) is 25.8 Å². The number of halogens is 1. The van der Waals surface area contributed by atoms with Gasteiger partial charge in [0.25, 0.3) is 5.69 Å². The number of methoxy groups -OCH3 is 1. The van der Waals surface area contributed by atoms with Gasteiger partial charge in [-0.25, -0.2) is 0 Å². The summed E-state index contributed by atoms with van der Waals surface area (Å²) in [6.07, 6.45) is 0. The summed E-state index contributed by atoms with van der Waals surface area (Å²) in [5, 5.41) is 14.6. The number of morpholine rings is 1. The van der Waals surface area contributed by atoms with Gasteiger partial charge < -0.3 is 19.5 Å². The molecule has 9 heteroatoms. The minimum Gasteiger partial charge on any atom is -0.493 e. The molecule has 2 aromatic carbocycles. The van der Waals surface area contributed by atoms with Crippen LogP contribution in [0.4, 0.5) is 11.4 Å². The maximum atomic E-state index is 10.9. The molecule has 1 atom stereocenters. The molecule has 0 aromatic heterocycles. The zero-order chi connectivity index (χ0) is 21.5. The molecule has 1 unspecified atom stereocenters. The van der Waals surface area contributed by atoms with Crippen LogP contribution in [0.2, 0.25) is 5.02 Å². The summed E-state index contributed by atoms with van der Waals surface area (Å²) in [5.74, 6) is 1.39. The number of benzene rings is 2. The summed E-state index contributed by atoms with van der Waals surface area (Å²) < 4.78 is 16.7. The molecule has 0 radical (unpaired) electrons.